The van der Waals surface area contributed by atoms with Crippen LogP contribution in [0.2, 0.25) is 0 Å². The molecule has 140 valence electrons. The van der Waals surface area contributed by atoms with Gasteiger partial charge in [-0.25, -0.2) is 4.98 Å². The molecule has 1 aliphatic heterocycles. The van der Waals surface area contributed by atoms with Gasteiger partial charge in [0, 0.05) is 18.4 Å². The molecule has 27 heavy (non-hydrogen) atoms. The molecule has 0 radical (unpaired) electrons. The smallest absolute Gasteiger partial charge is 0.266 e. The Kier molecular flexibility index (Phi) is 5.45. The lowest BCUT2D eigenvalue weighted by atomic mass is 10.1. The van der Waals surface area contributed by atoms with E-state index in [4.69, 9.17) is 14.5 Å². The average Bonchev–Trinajstić information content (AvgIpc) is 2.73. The van der Waals surface area contributed by atoms with Crippen LogP contribution in [0.5, 0.6) is 5.75 Å². The van der Waals surface area contributed by atoms with Crippen molar-refractivity contribution < 1.29 is 9.47 Å². The predicted octanol–water partition coefficient (Wildman–Crippen LogP) is 4.06. The first-order valence-corrected chi connectivity index (χ1v) is 10.2. The SMILES string of the molecule is COc1cccc(-n2c(SC[C@@H]3CCCCO3)nc3ccccc3c2=O)c1. The summed E-state index contributed by atoms with van der Waals surface area (Å²) in [4.78, 5) is 18.0. The summed E-state index contributed by atoms with van der Waals surface area (Å²) in [6.07, 6.45) is 3.60. The number of methoxy groups -OCH3 is 1. The van der Waals surface area contributed by atoms with Crippen molar-refractivity contribution in [2.75, 3.05) is 19.5 Å². The average molecular weight is 382 g/mol. The lowest BCUT2D eigenvalue weighted by molar-refractivity contribution is 0.0315. The van der Waals surface area contributed by atoms with Gasteiger partial charge in [-0.2, -0.15) is 0 Å². The molecule has 1 aromatic heterocycles. The monoisotopic (exact) mass is 382 g/mol. The number of aromatic nitrogens is 2. The van der Waals surface area contributed by atoms with E-state index in [1.165, 1.54) is 6.42 Å². The number of hydrogen-bond donors (Lipinski definition) is 0. The molecule has 1 saturated heterocycles. The van der Waals surface area contributed by atoms with Crippen molar-refractivity contribution in [1.82, 2.24) is 9.55 Å². The zero-order valence-electron chi connectivity index (χ0n) is 15.3. The molecule has 0 spiro atoms. The number of para-hydroxylation sites is 1. The summed E-state index contributed by atoms with van der Waals surface area (Å²) < 4.78 is 12.9. The van der Waals surface area contributed by atoms with Crippen LogP contribution in [0.15, 0.2) is 58.5 Å². The van der Waals surface area contributed by atoms with Gasteiger partial charge in [0.25, 0.3) is 5.56 Å². The highest BCUT2D eigenvalue weighted by Crippen LogP contribution is 2.26. The molecule has 1 atom stereocenters. The largest absolute Gasteiger partial charge is 0.497 e. The fourth-order valence-corrected chi connectivity index (χ4v) is 4.37. The number of nitrogens with zero attached hydrogens (tertiary/aromatic N) is 2. The van der Waals surface area contributed by atoms with Gasteiger partial charge in [-0.15, -0.1) is 0 Å². The molecule has 0 saturated carbocycles. The standard InChI is InChI=1S/C21H22N2O3S/c1-25-16-9-6-7-15(13-16)23-20(24)18-10-2-3-11-19(18)22-21(23)27-14-17-8-4-5-12-26-17/h2-3,6-7,9-11,13,17H,4-5,8,12,14H2,1H3/t17-/m0/s1. The highest BCUT2D eigenvalue weighted by Gasteiger charge is 2.18. The normalized spacial score (nSPS) is 17.1. The minimum Gasteiger partial charge on any atom is -0.497 e. The van der Waals surface area contributed by atoms with E-state index in [1.807, 2.05) is 48.5 Å². The zero-order valence-corrected chi connectivity index (χ0v) is 16.1. The molecule has 0 N–H and O–H groups in total. The molecule has 0 bridgehead atoms. The molecule has 5 nitrogen and oxygen atoms in total. The van der Waals surface area contributed by atoms with Crippen LogP contribution in [0.3, 0.4) is 0 Å². The molecular weight excluding hydrogens is 360 g/mol. The molecule has 2 aromatic carbocycles. The summed E-state index contributed by atoms with van der Waals surface area (Å²) in [5, 5.41) is 1.29. The number of rotatable bonds is 5. The molecule has 4 rings (SSSR count). The molecule has 1 fully saturated rings. The zero-order chi connectivity index (χ0) is 18.6. The molecule has 1 aliphatic rings. The van der Waals surface area contributed by atoms with Gasteiger partial charge in [-0.05, 0) is 43.5 Å². The van der Waals surface area contributed by atoms with Crippen LogP contribution in [0.25, 0.3) is 16.6 Å². The van der Waals surface area contributed by atoms with E-state index in [2.05, 4.69) is 0 Å². The van der Waals surface area contributed by atoms with Crippen LogP contribution in [0, 0.1) is 0 Å². The van der Waals surface area contributed by atoms with Gasteiger partial charge in [0.05, 0.1) is 29.8 Å². The third kappa shape index (κ3) is 3.87. The molecule has 6 heteroatoms. The van der Waals surface area contributed by atoms with Crippen LogP contribution in [-0.4, -0.2) is 35.1 Å². The van der Waals surface area contributed by atoms with Crippen molar-refractivity contribution in [3.63, 3.8) is 0 Å². The van der Waals surface area contributed by atoms with Gasteiger partial charge >= 0.3 is 0 Å². The van der Waals surface area contributed by atoms with Gasteiger partial charge in [-0.1, -0.05) is 30.0 Å². The second-order valence-electron chi connectivity index (χ2n) is 6.55. The molecule has 0 aliphatic carbocycles. The topological polar surface area (TPSA) is 53.4 Å². The summed E-state index contributed by atoms with van der Waals surface area (Å²) >= 11 is 1.58. The molecule has 2 heterocycles. The Bertz CT molecular complexity index is 996. The Morgan fingerprint density at radius 3 is 2.93 bits per heavy atom. The van der Waals surface area contributed by atoms with Crippen LogP contribution in [0.4, 0.5) is 0 Å². The quantitative estimate of drug-likeness (QED) is 0.492. The summed E-state index contributed by atoms with van der Waals surface area (Å²) in [5.41, 5.74) is 1.40. The summed E-state index contributed by atoms with van der Waals surface area (Å²) in [6.45, 7) is 0.819. The van der Waals surface area contributed by atoms with Crippen LogP contribution in [-0.2, 0) is 4.74 Å². The number of thioether (sulfide) groups is 1. The highest BCUT2D eigenvalue weighted by atomic mass is 32.2. The van der Waals surface area contributed by atoms with E-state index in [1.54, 1.807) is 23.4 Å². The fraction of sp³-hybridized carbons (Fsp3) is 0.333. The Morgan fingerprint density at radius 2 is 2.11 bits per heavy atom. The summed E-state index contributed by atoms with van der Waals surface area (Å²) in [7, 11) is 1.62. The maximum Gasteiger partial charge on any atom is 0.266 e. The Balaban J connectivity index is 1.78. The lowest BCUT2D eigenvalue weighted by Crippen LogP contribution is -2.24. The second kappa shape index (κ2) is 8.15. The van der Waals surface area contributed by atoms with Crippen molar-refractivity contribution in [2.45, 2.75) is 30.5 Å². The van der Waals surface area contributed by atoms with E-state index in [0.717, 1.165) is 30.9 Å². The number of fused-ring (bicyclic) bond motifs is 1. The van der Waals surface area contributed by atoms with Gasteiger partial charge in [0.15, 0.2) is 5.16 Å². The van der Waals surface area contributed by atoms with Gasteiger partial charge in [0.2, 0.25) is 0 Å². The third-order valence-electron chi connectivity index (χ3n) is 4.73. The third-order valence-corrected chi connectivity index (χ3v) is 5.80. The van der Waals surface area contributed by atoms with Gasteiger partial charge in [0.1, 0.15) is 5.75 Å². The van der Waals surface area contributed by atoms with E-state index >= 15 is 0 Å². The van der Waals surface area contributed by atoms with Crippen molar-refractivity contribution >= 4 is 22.7 Å². The fourth-order valence-electron chi connectivity index (χ4n) is 3.29. The molecule has 0 amide bonds. The minimum absolute atomic E-state index is 0.0686. The maximum atomic E-state index is 13.2. The molecule has 0 unspecified atom stereocenters. The Labute approximate surface area is 162 Å². The number of benzene rings is 2. The first kappa shape index (κ1) is 18.1. The van der Waals surface area contributed by atoms with Crippen LogP contribution in [0.1, 0.15) is 19.3 Å². The van der Waals surface area contributed by atoms with Gasteiger partial charge < -0.3 is 9.47 Å². The molecule has 3 aromatic rings. The van der Waals surface area contributed by atoms with E-state index in [0.29, 0.717) is 21.8 Å². The first-order chi connectivity index (χ1) is 13.3. The second-order valence-corrected chi connectivity index (χ2v) is 7.54. The van der Waals surface area contributed by atoms with Crippen molar-refractivity contribution in [3.8, 4) is 11.4 Å². The predicted molar refractivity (Wildman–Crippen MR) is 108 cm³/mol. The Morgan fingerprint density at radius 1 is 1.22 bits per heavy atom. The van der Waals surface area contributed by atoms with Gasteiger partial charge in [-0.3, -0.25) is 9.36 Å². The summed E-state index contributed by atoms with van der Waals surface area (Å²) in [6, 6.07) is 15.0. The minimum atomic E-state index is -0.0686. The number of hydrogen-bond acceptors (Lipinski definition) is 5. The molecular formula is C21H22N2O3S. The first-order valence-electron chi connectivity index (χ1n) is 9.17. The van der Waals surface area contributed by atoms with E-state index in [-0.39, 0.29) is 11.7 Å². The van der Waals surface area contributed by atoms with E-state index in [9.17, 15) is 4.79 Å². The highest BCUT2D eigenvalue weighted by molar-refractivity contribution is 7.99. The van der Waals surface area contributed by atoms with E-state index < -0.39 is 0 Å². The van der Waals surface area contributed by atoms with Crippen molar-refractivity contribution in [3.05, 3.63) is 58.9 Å². The maximum absolute atomic E-state index is 13.2. The van der Waals surface area contributed by atoms with Crippen molar-refractivity contribution in [1.29, 1.82) is 0 Å². The van der Waals surface area contributed by atoms with Crippen LogP contribution >= 0.6 is 11.8 Å². The Hall–Kier alpha value is -2.31. The van der Waals surface area contributed by atoms with Crippen LogP contribution < -0.4 is 10.3 Å². The lowest BCUT2D eigenvalue weighted by Gasteiger charge is -2.22. The number of ether oxygens (including phenoxy) is 2. The van der Waals surface area contributed by atoms with Crippen molar-refractivity contribution in [2.24, 2.45) is 0 Å². The summed E-state index contributed by atoms with van der Waals surface area (Å²) in [5.74, 6) is 1.49.